The molecule has 0 aromatic heterocycles. The minimum atomic E-state index is -4.66. The third-order valence-corrected chi connectivity index (χ3v) is 2.75. The fourth-order valence-electron chi connectivity index (χ4n) is 1.68. The number of hydrogen-bond donors (Lipinski definition) is 1. The van der Waals surface area contributed by atoms with Gasteiger partial charge in [-0.15, -0.1) is 0 Å². The Kier molecular flexibility index (Phi) is 4.29. The highest BCUT2D eigenvalue weighted by atomic mass is 19.4. The van der Waals surface area contributed by atoms with Gasteiger partial charge in [-0.25, -0.2) is 0 Å². The zero-order chi connectivity index (χ0) is 14.6. The number of alkyl halides is 3. The van der Waals surface area contributed by atoms with Crippen LogP contribution in [0.2, 0.25) is 0 Å². The second kappa shape index (κ2) is 5.96. The average Bonchev–Trinajstić information content (AvgIpc) is 2.45. The summed E-state index contributed by atoms with van der Waals surface area (Å²) in [6.45, 7) is 0.335. The van der Waals surface area contributed by atoms with Crippen molar-refractivity contribution in [3.05, 3.63) is 65.7 Å². The molecule has 0 saturated carbocycles. The molecule has 0 radical (unpaired) electrons. The molecule has 0 saturated heterocycles. The van der Waals surface area contributed by atoms with Crippen LogP contribution in [0.25, 0.3) is 0 Å². The molecule has 0 bridgehead atoms. The standard InChI is InChI=1S/C15H13F3O2/c16-15(17,18)14(19)12-6-8-13(9-7-12)20-10-11-4-2-1-3-5-11/h1-9,14,19H,10H2/t14-/m0/s1. The molecule has 0 aliphatic rings. The summed E-state index contributed by atoms with van der Waals surface area (Å²) in [6, 6.07) is 14.7. The highest BCUT2D eigenvalue weighted by Gasteiger charge is 2.39. The first-order chi connectivity index (χ1) is 9.47. The van der Waals surface area contributed by atoms with Crippen LogP contribution in [0.4, 0.5) is 13.2 Å². The first-order valence-corrected chi connectivity index (χ1v) is 5.98. The lowest BCUT2D eigenvalue weighted by Crippen LogP contribution is -2.19. The lowest BCUT2D eigenvalue weighted by atomic mass is 10.1. The van der Waals surface area contributed by atoms with Gasteiger partial charge in [-0.2, -0.15) is 13.2 Å². The largest absolute Gasteiger partial charge is 0.489 e. The fraction of sp³-hybridized carbons (Fsp3) is 0.200. The van der Waals surface area contributed by atoms with Crippen LogP contribution in [0, 0.1) is 0 Å². The van der Waals surface area contributed by atoms with Crippen molar-refractivity contribution < 1.29 is 23.0 Å². The smallest absolute Gasteiger partial charge is 0.418 e. The van der Waals surface area contributed by atoms with Crippen LogP contribution in [-0.2, 0) is 6.61 Å². The van der Waals surface area contributed by atoms with Gasteiger partial charge < -0.3 is 9.84 Å². The van der Waals surface area contributed by atoms with Crippen molar-refractivity contribution in [2.45, 2.75) is 18.9 Å². The Labute approximate surface area is 114 Å². The minimum Gasteiger partial charge on any atom is -0.489 e. The number of aliphatic hydroxyl groups is 1. The normalized spacial score (nSPS) is 13.0. The molecule has 2 rings (SSSR count). The third-order valence-electron chi connectivity index (χ3n) is 2.75. The highest BCUT2D eigenvalue weighted by Crippen LogP contribution is 2.33. The van der Waals surface area contributed by atoms with Gasteiger partial charge in [0.25, 0.3) is 0 Å². The Balaban J connectivity index is 1.98. The van der Waals surface area contributed by atoms with Crippen molar-refractivity contribution in [2.24, 2.45) is 0 Å². The van der Waals surface area contributed by atoms with Crippen molar-refractivity contribution in [2.75, 3.05) is 0 Å². The predicted octanol–water partition coefficient (Wildman–Crippen LogP) is 3.86. The fourth-order valence-corrected chi connectivity index (χ4v) is 1.68. The van der Waals surface area contributed by atoms with E-state index in [1.807, 2.05) is 30.3 Å². The van der Waals surface area contributed by atoms with Crippen molar-refractivity contribution in [3.8, 4) is 5.75 Å². The van der Waals surface area contributed by atoms with E-state index in [0.717, 1.165) is 5.56 Å². The maximum Gasteiger partial charge on any atom is 0.418 e. The zero-order valence-corrected chi connectivity index (χ0v) is 10.5. The molecule has 2 nitrogen and oxygen atoms in total. The van der Waals surface area contributed by atoms with Gasteiger partial charge in [0.1, 0.15) is 12.4 Å². The summed E-state index contributed by atoms with van der Waals surface area (Å²) in [5, 5.41) is 9.09. The Morgan fingerprint density at radius 1 is 0.950 bits per heavy atom. The average molecular weight is 282 g/mol. The second-order valence-corrected chi connectivity index (χ2v) is 4.29. The topological polar surface area (TPSA) is 29.5 Å². The zero-order valence-electron chi connectivity index (χ0n) is 10.5. The van der Waals surface area contributed by atoms with E-state index in [2.05, 4.69) is 0 Å². The van der Waals surface area contributed by atoms with Gasteiger partial charge in [0.2, 0.25) is 0 Å². The number of halogens is 3. The van der Waals surface area contributed by atoms with E-state index in [4.69, 9.17) is 9.84 Å². The molecule has 2 aromatic rings. The summed E-state index contributed by atoms with van der Waals surface area (Å²) in [6.07, 6.45) is -7.13. The van der Waals surface area contributed by atoms with Gasteiger partial charge in [0.15, 0.2) is 6.10 Å². The van der Waals surface area contributed by atoms with E-state index in [9.17, 15) is 13.2 Å². The van der Waals surface area contributed by atoms with Gasteiger partial charge in [-0.1, -0.05) is 42.5 Å². The molecule has 0 aliphatic heterocycles. The van der Waals surface area contributed by atoms with E-state index >= 15 is 0 Å². The minimum absolute atomic E-state index is 0.204. The van der Waals surface area contributed by atoms with Gasteiger partial charge in [-0.05, 0) is 23.3 Å². The molecular weight excluding hydrogens is 269 g/mol. The first kappa shape index (κ1) is 14.4. The maximum atomic E-state index is 12.3. The quantitative estimate of drug-likeness (QED) is 0.922. The molecule has 0 heterocycles. The molecule has 0 fully saturated rings. The van der Waals surface area contributed by atoms with E-state index in [1.165, 1.54) is 24.3 Å². The van der Waals surface area contributed by atoms with Gasteiger partial charge in [-0.3, -0.25) is 0 Å². The molecule has 1 atom stereocenters. The van der Waals surface area contributed by atoms with Crippen molar-refractivity contribution in [1.82, 2.24) is 0 Å². The number of aliphatic hydroxyl groups excluding tert-OH is 1. The maximum absolute atomic E-state index is 12.3. The Hall–Kier alpha value is -2.01. The molecule has 2 aromatic carbocycles. The summed E-state index contributed by atoms with van der Waals surface area (Å²) in [5.74, 6) is 0.451. The van der Waals surface area contributed by atoms with Gasteiger partial charge >= 0.3 is 6.18 Å². The summed E-state index contributed by atoms with van der Waals surface area (Å²) < 4.78 is 42.4. The van der Waals surface area contributed by atoms with Crippen molar-refractivity contribution in [3.63, 3.8) is 0 Å². The summed E-state index contributed by atoms with van der Waals surface area (Å²) >= 11 is 0. The predicted molar refractivity (Wildman–Crippen MR) is 68.2 cm³/mol. The van der Waals surface area contributed by atoms with Crippen molar-refractivity contribution >= 4 is 0 Å². The number of rotatable bonds is 4. The Morgan fingerprint density at radius 3 is 2.10 bits per heavy atom. The van der Waals surface area contributed by atoms with Crippen LogP contribution in [0.5, 0.6) is 5.75 Å². The molecular formula is C15H13F3O2. The van der Waals surface area contributed by atoms with Crippen LogP contribution in [0.15, 0.2) is 54.6 Å². The van der Waals surface area contributed by atoms with Crippen molar-refractivity contribution in [1.29, 1.82) is 0 Å². The first-order valence-electron chi connectivity index (χ1n) is 5.98. The monoisotopic (exact) mass is 282 g/mol. The van der Waals surface area contributed by atoms with Crippen LogP contribution < -0.4 is 4.74 Å². The Morgan fingerprint density at radius 2 is 1.55 bits per heavy atom. The van der Waals surface area contributed by atoms with E-state index in [1.54, 1.807) is 0 Å². The van der Waals surface area contributed by atoms with Gasteiger partial charge in [0.05, 0.1) is 0 Å². The molecule has 20 heavy (non-hydrogen) atoms. The second-order valence-electron chi connectivity index (χ2n) is 4.29. The number of benzene rings is 2. The summed E-state index contributed by atoms with van der Waals surface area (Å²) in [7, 11) is 0. The van der Waals surface area contributed by atoms with E-state index in [-0.39, 0.29) is 5.56 Å². The number of ether oxygens (including phenoxy) is 1. The highest BCUT2D eigenvalue weighted by molar-refractivity contribution is 5.29. The van der Waals surface area contributed by atoms with Crippen LogP contribution in [0.3, 0.4) is 0 Å². The summed E-state index contributed by atoms with van der Waals surface area (Å²) in [5.41, 5.74) is 0.761. The molecule has 0 spiro atoms. The lowest BCUT2D eigenvalue weighted by Gasteiger charge is -2.15. The molecule has 0 unspecified atom stereocenters. The molecule has 1 N–H and O–H groups in total. The third kappa shape index (κ3) is 3.74. The van der Waals surface area contributed by atoms with E-state index < -0.39 is 12.3 Å². The SMILES string of the molecule is O[C@@H](c1ccc(OCc2ccccc2)cc1)C(F)(F)F. The molecule has 0 amide bonds. The molecule has 5 heteroatoms. The number of hydrogen-bond acceptors (Lipinski definition) is 2. The van der Waals surface area contributed by atoms with Crippen LogP contribution >= 0.6 is 0 Å². The van der Waals surface area contributed by atoms with E-state index in [0.29, 0.717) is 12.4 Å². The Bertz CT molecular complexity index is 535. The van der Waals surface area contributed by atoms with Crippen LogP contribution in [-0.4, -0.2) is 11.3 Å². The van der Waals surface area contributed by atoms with Gasteiger partial charge in [0, 0.05) is 0 Å². The molecule has 106 valence electrons. The summed E-state index contributed by atoms with van der Waals surface area (Å²) in [4.78, 5) is 0. The van der Waals surface area contributed by atoms with Crippen LogP contribution in [0.1, 0.15) is 17.2 Å². The molecule has 0 aliphatic carbocycles. The lowest BCUT2D eigenvalue weighted by molar-refractivity contribution is -0.206.